The van der Waals surface area contributed by atoms with E-state index in [1.54, 1.807) is 12.1 Å². The lowest BCUT2D eigenvalue weighted by Gasteiger charge is -2.04. The lowest BCUT2D eigenvalue weighted by atomic mass is 10.0. The Labute approximate surface area is 87.1 Å². The number of carbonyl (C=O) groups is 1. The molecule has 2 aromatic carbocycles. The highest BCUT2D eigenvalue weighted by molar-refractivity contribution is 6.03. The number of ketones is 1. The maximum absolute atomic E-state index is 11.4. The predicted molar refractivity (Wildman–Crippen MR) is 59.0 cm³/mol. The van der Waals surface area contributed by atoms with Gasteiger partial charge in [-0.05, 0) is 22.9 Å². The van der Waals surface area contributed by atoms with Crippen LogP contribution in [0.1, 0.15) is 10.4 Å². The Morgan fingerprint density at radius 1 is 1.20 bits per heavy atom. The van der Waals surface area contributed by atoms with Crippen molar-refractivity contribution >= 4 is 16.6 Å². The number of phenols is 1. The standard InChI is InChI=1S/C12H11NO2/c13-7-12(15)10-5-8-3-1-2-4-9(8)6-11(10)14/h1-6,14H,7,13H2. The number of fused-ring (bicyclic) bond motifs is 1. The molecule has 0 aliphatic carbocycles. The molecule has 76 valence electrons. The van der Waals surface area contributed by atoms with Crippen molar-refractivity contribution in [1.82, 2.24) is 0 Å². The fourth-order valence-electron chi connectivity index (χ4n) is 1.56. The van der Waals surface area contributed by atoms with Crippen LogP contribution in [-0.4, -0.2) is 17.4 Å². The van der Waals surface area contributed by atoms with Gasteiger partial charge in [-0.2, -0.15) is 0 Å². The van der Waals surface area contributed by atoms with Gasteiger partial charge in [-0.3, -0.25) is 4.79 Å². The van der Waals surface area contributed by atoms with E-state index in [0.717, 1.165) is 10.8 Å². The molecule has 3 nitrogen and oxygen atoms in total. The lowest BCUT2D eigenvalue weighted by Crippen LogP contribution is -2.13. The quantitative estimate of drug-likeness (QED) is 0.727. The summed E-state index contributed by atoms with van der Waals surface area (Å²) in [4.78, 5) is 11.4. The molecule has 0 aliphatic rings. The van der Waals surface area contributed by atoms with Gasteiger partial charge >= 0.3 is 0 Å². The fourth-order valence-corrected chi connectivity index (χ4v) is 1.56. The first-order valence-electron chi connectivity index (χ1n) is 4.67. The smallest absolute Gasteiger partial charge is 0.180 e. The number of Topliss-reactive ketones (excluding diaryl/α,β-unsaturated/α-hetero) is 1. The second-order valence-electron chi connectivity index (χ2n) is 3.34. The number of aromatic hydroxyl groups is 1. The minimum absolute atomic E-state index is 0.0100. The van der Waals surface area contributed by atoms with E-state index in [0.29, 0.717) is 0 Å². The van der Waals surface area contributed by atoms with E-state index in [2.05, 4.69) is 0 Å². The number of benzene rings is 2. The summed E-state index contributed by atoms with van der Waals surface area (Å²) in [7, 11) is 0. The summed E-state index contributed by atoms with van der Waals surface area (Å²) in [6.45, 7) is -0.0914. The summed E-state index contributed by atoms with van der Waals surface area (Å²) in [6.07, 6.45) is 0. The molecular formula is C12H11NO2. The van der Waals surface area contributed by atoms with Gasteiger partial charge in [-0.25, -0.2) is 0 Å². The van der Waals surface area contributed by atoms with E-state index in [1.807, 2.05) is 24.3 Å². The first-order valence-corrected chi connectivity index (χ1v) is 4.67. The predicted octanol–water partition coefficient (Wildman–Crippen LogP) is 1.69. The maximum atomic E-state index is 11.4. The van der Waals surface area contributed by atoms with Gasteiger partial charge in [0.2, 0.25) is 0 Å². The van der Waals surface area contributed by atoms with Crippen LogP contribution < -0.4 is 5.73 Å². The van der Waals surface area contributed by atoms with Crippen LogP contribution in [0.25, 0.3) is 10.8 Å². The topological polar surface area (TPSA) is 63.3 Å². The zero-order chi connectivity index (χ0) is 10.8. The van der Waals surface area contributed by atoms with E-state index in [4.69, 9.17) is 5.73 Å². The highest BCUT2D eigenvalue weighted by Gasteiger charge is 2.10. The average molecular weight is 201 g/mol. The Morgan fingerprint density at radius 2 is 1.80 bits per heavy atom. The maximum Gasteiger partial charge on any atom is 0.180 e. The first kappa shape index (κ1) is 9.68. The summed E-state index contributed by atoms with van der Waals surface area (Å²) in [6, 6.07) is 10.8. The second kappa shape index (κ2) is 3.71. The fraction of sp³-hybridized carbons (Fsp3) is 0.0833. The number of hydrogen-bond donors (Lipinski definition) is 2. The Morgan fingerprint density at radius 3 is 2.40 bits per heavy atom. The number of phenolic OH excluding ortho intramolecular Hbond substituents is 1. The van der Waals surface area contributed by atoms with Crippen LogP contribution in [0, 0.1) is 0 Å². The van der Waals surface area contributed by atoms with Crippen LogP contribution in [0.5, 0.6) is 5.75 Å². The van der Waals surface area contributed by atoms with Crippen LogP contribution in [0.4, 0.5) is 0 Å². The second-order valence-corrected chi connectivity index (χ2v) is 3.34. The van der Waals surface area contributed by atoms with E-state index in [1.165, 1.54) is 0 Å². The number of nitrogens with two attached hydrogens (primary N) is 1. The summed E-state index contributed by atoms with van der Waals surface area (Å²) < 4.78 is 0. The molecule has 0 aliphatic heterocycles. The Bertz CT molecular complexity index is 520. The summed E-state index contributed by atoms with van der Waals surface area (Å²) in [5, 5.41) is 11.5. The molecule has 0 saturated heterocycles. The summed E-state index contributed by atoms with van der Waals surface area (Å²) in [5.74, 6) is -0.262. The molecule has 0 atom stereocenters. The van der Waals surface area contributed by atoms with Crippen LogP contribution in [0.15, 0.2) is 36.4 Å². The van der Waals surface area contributed by atoms with Crippen molar-refractivity contribution < 1.29 is 9.90 Å². The zero-order valence-corrected chi connectivity index (χ0v) is 8.10. The van der Waals surface area contributed by atoms with E-state index >= 15 is 0 Å². The highest BCUT2D eigenvalue weighted by atomic mass is 16.3. The molecule has 2 rings (SSSR count). The molecule has 15 heavy (non-hydrogen) atoms. The Hall–Kier alpha value is -1.87. The van der Waals surface area contributed by atoms with Crippen molar-refractivity contribution in [3.8, 4) is 5.75 Å². The van der Waals surface area contributed by atoms with Gasteiger partial charge in [0.05, 0.1) is 12.1 Å². The third-order valence-corrected chi connectivity index (χ3v) is 2.35. The van der Waals surface area contributed by atoms with E-state index in [9.17, 15) is 9.90 Å². The van der Waals surface area contributed by atoms with Crippen molar-refractivity contribution in [2.75, 3.05) is 6.54 Å². The SMILES string of the molecule is NCC(=O)c1cc2ccccc2cc1O. The lowest BCUT2D eigenvalue weighted by molar-refractivity contribution is 0.0999. The molecule has 0 fully saturated rings. The van der Waals surface area contributed by atoms with E-state index < -0.39 is 0 Å². The third-order valence-electron chi connectivity index (χ3n) is 2.35. The molecule has 2 aromatic rings. The molecule has 3 N–H and O–H groups in total. The Kier molecular flexibility index (Phi) is 2.39. The number of rotatable bonds is 2. The van der Waals surface area contributed by atoms with Crippen LogP contribution in [0.3, 0.4) is 0 Å². The minimum Gasteiger partial charge on any atom is -0.507 e. The van der Waals surface area contributed by atoms with Crippen LogP contribution >= 0.6 is 0 Å². The van der Waals surface area contributed by atoms with Crippen LogP contribution in [-0.2, 0) is 0 Å². The van der Waals surface area contributed by atoms with Gasteiger partial charge in [0.15, 0.2) is 5.78 Å². The monoisotopic (exact) mass is 201 g/mol. The van der Waals surface area contributed by atoms with Gasteiger partial charge in [0.1, 0.15) is 5.75 Å². The molecule has 3 heteroatoms. The molecule has 0 unspecified atom stereocenters. The molecule has 0 amide bonds. The molecule has 0 spiro atoms. The van der Waals surface area contributed by atoms with E-state index in [-0.39, 0.29) is 23.6 Å². The van der Waals surface area contributed by atoms with Crippen molar-refractivity contribution in [3.05, 3.63) is 42.0 Å². The highest BCUT2D eigenvalue weighted by Crippen LogP contribution is 2.24. The molecular weight excluding hydrogens is 190 g/mol. The zero-order valence-electron chi connectivity index (χ0n) is 8.10. The minimum atomic E-state index is -0.252. The largest absolute Gasteiger partial charge is 0.507 e. The van der Waals surface area contributed by atoms with Gasteiger partial charge in [-0.1, -0.05) is 24.3 Å². The normalized spacial score (nSPS) is 10.5. The third kappa shape index (κ3) is 1.69. The number of carbonyl (C=O) groups excluding carboxylic acids is 1. The van der Waals surface area contributed by atoms with Gasteiger partial charge in [0, 0.05) is 0 Å². The molecule has 0 aromatic heterocycles. The van der Waals surface area contributed by atoms with Crippen molar-refractivity contribution in [1.29, 1.82) is 0 Å². The average Bonchev–Trinajstić information content (AvgIpc) is 2.27. The molecule has 0 radical (unpaired) electrons. The molecule has 0 saturated carbocycles. The first-order chi connectivity index (χ1) is 7.22. The van der Waals surface area contributed by atoms with Crippen molar-refractivity contribution in [2.45, 2.75) is 0 Å². The van der Waals surface area contributed by atoms with Crippen LogP contribution in [0.2, 0.25) is 0 Å². The molecule has 0 heterocycles. The van der Waals surface area contributed by atoms with Gasteiger partial charge in [0.25, 0.3) is 0 Å². The Balaban J connectivity index is 2.67. The number of hydrogen-bond acceptors (Lipinski definition) is 3. The molecule has 0 bridgehead atoms. The van der Waals surface area contributed by atoms with Crippen molar-refractivity contribution in [3.63, 3.8) is 0 Å². The van der Waals surface area contributed by atoms with Gasteiger partial charge in [-0.15, -0.1) is 0 Å². The summed E-state index contributed by atoms with van der Waals surface area (Å²) in [5.41, 5.74) is 5.54. The summed E-state index contributed by atoms with van der Waals surface area (Å²) >= 11 is 0. The van der Waals surface area contributed by atoms with Crippen molar-refractivity contribution in [2.24, 2.45) is 5.73 Å². The van der Waals surface area contributed by atoms with Gasteiger partial charge < -0.3 is 10.8 Å².